The molecule has 9 heteroatoms. The van der Waals surface area contributed by atoms with E-state index in [9.17, 15) is 9.59 Å². The Bertz CT molecular complexity index is 1330. The smallest absolute Gasteiger partial charge is 0.266 e. The average Bonchev–Trinajstić information content (AvgIpc) is 3.37. The lowest BCUT2D eigenvalue weighted by atomic mass is 10.2. The van der Waals surface area contributed by atoms with E-state index < -0.39 is 0 Å². The van der Waals surface area contributed by atoms with E-state index in [0.717, 1.165) is 11.8 Å². The van der Waals surface area contributed by atoms with E-state index >= 15 is 0 Å². The molecule has 0 radical (unpaired) electrons. The van der Waals surface area contributed by atoms with Gasteiger partial charge in [0.2, 0.25) is 0 Å². The Hall–Kier alpha value is -3.85. The standard InChI is InChI=1S/C23H20N4O4S/c1-15(20-8-5-13-31-20)25-26-21(28)14-32-23-24-19-7-4-3-6-18(19)22(29)27(23)16-9-11-17(30-2)12-10-16/h3-13H,14H2,1-2H3,(H,26,28). The van der Waals surface area contributed by atoms with Gasteiger partial charge in [-0.05, 0) is 55.5 Å². The summed E-state index contributed by atoms with van der Waals surface area (Å²) in [5.74, 6) is 0.941. The van der Waals surface area contributed by atoms with Crippen molar-refractivity contribution in [3.8, 4) is 11.4 Å². The minimum absolute atomic E-state index is 0.0237. The highest BCUT2D eigenvalue weighted by Crippen LogP contribution is 2.22. The minimum Gasteiger partial charge on any atom is -0.497 e. The molecule has 0 saturated carbocycles. The summed E-state index contributed by atoms with van der Waals surface area (Å²) >= 11 is 1.15. The fourth-order valence-electron chi connectivity index (χ4n) is 3.02. The molecular weight excluding hydrogens is 428 g/mol. The maximum atomic E-state index is 13.2. The van der Waals surface area contributed by atoms with Crippen LogP contribution >= 0.6 is 11.8 Å². The summed E-state index contributed by atoms with van der Waals surface area (Å²) < 4.78 is 12.0. The number of benzene rings is 2. The second-order valence-electron chi connectivity index (χ2n) is 6.75. The Kier molecular flexibility index (Phi) is 6.37. The molecule has 2 heterocycles. The van der Waals surface area contributed by atoms with Crippen LogP contribution in [0.1, 0.15) is 12.7 Å². The third kappa shape index (κ3) is 4.57. The zero-order chi connectivity index (χ0) is 22.5. The Labute approximate surface area is 187 Å². The van der Waals surface area contributed by atoms with Crippen molar-refractivity contribution in [3.05, 3.63) is 83.0 Å². The maximum Gasteiger partial charge on any atom is 0.266 e. The first kappa shape index (κ1) is 21.4. The first-order valence-corrected chi connectivity index (χ1v) is 10.7. The number of rotatable bonds is 7. The molecule has 162 valence electrons. The zero-order valence-corrected chi connectivity index (χ0v) is 18.3. The largest absolute Gasteiger partial charge is 0.497 e. The molecule has 0 aliphatic rings. The molecule has 1 N–H and O–H groups in total. The molecule has 0 aliphatic carbocycles. The van der Waals surface area contributed by atoms with Crippen molar-refractivity contribution in [1.82, 2.24) is 15.0 Å². The molecule has 1 amide bonds. The molecule has 32 heavy (non-hydrogen) atoms. The molecule has 0 atom stereocenters. The van der Waals surface area contributed by atoms with Crippen molar-refractivity contribution in [2.24, 2.45) is 5.10 Å². The van der Waals surface area contributed by atoms with Gasteiger partial charge in [-0.2, -0.15) is 5.10 Å². The number of carbonyl (C=O) groups excluding carboxylic acids is 1. The number of nitrogens with zero attached hydrogens (tertiary/aromatic N) is 3. The first-order chi connectivity index (χ1) is 15.6. The van der Waals surface area contributed by atoms with Gasteiger partial charge in [0.25, 0.3) is 11.5 Å². The summed E-state index contributed by atoms with van der Waals surface area (Å²) in [4.78, 5) is 30.2. The highest BCUT2D eigenvalue weighted by Gasteiger charge is 2.15. The molecule has 0 fully saturated rings. The van der Waals surface area contributed by atoms with Gasteiger partial charge in [-0.1, -0.05) is 23.9 Å². The summed E-state index contributed by atoms with van der Waals surface area (Å²) in [5, 5.41) is 4.95. The van der Waals surface area contributed by atoms with Crippen molar-refractivity contribution in [2.75, 3.05) is 12.9 Å². The van der Waals surface area contributed by atoms with E-state index in [1.165, 1.54) is 10.8 Å². The third-order valence-electron chi connectivity index (χ3n) is 4.63. The van der Waals surface area contributed by atoms with Gasteiger partial charge in [-0.15, -0.1) is 0 Å². The van der Waals surface area contributed by atoms with Crippen molar-refractivity contribution in [2.45, 2.75) is 12.1 Å². The Morgan fingerprint density at radius 3 is 2.66 bits per heavy atom. The van der Waals surface area contributed by atoms with Gasteiger partial charge in [0.1, 0.15) is 17.2 Å². The zero-order valence-electron chi connectivity index (χ0n) is 17.4. The first-order valence-electron chi connectivity index (χ1n) is 9.73. The molecular formula is C23H20N4O4S. The molecule has 8 nitrogen and oxygen atoms in total. The van der Waals surface area contributed by atoms with Crippen LogP contribution in [-0.2, 0) is 4.79 Å². The van der Waals surface area contributed by atoms with Gasteiger partial charge in [-0.3, -0.25) is 14.2 Å². The van der Waals surface area contributed by atoms with Crippen LogP contribution in [0, 0.1) is 0 Å². The van der Waals surface area contributed by atoms with Crippen LogP contribution in [-0.4, -0.2) is 34.0 Å². The molecule has 0 spiro atoms. The van der Waals surface area contributed by atoms with E-state index in [-0.39, 0.29) is 17.2 Å². The molecule has 0 saturated heterocycles. The van der Waals surface area contributed by atoms with Crippen molar-refractivity contribution in [1.29, 1.82) is 0 Å². The number of hydrogen-bond donors (Lipinski definition) is 1. The quantitative estimate of drug-likeness (QED) is 0.201. The normalized spacial score (nSPS) is 11.5. The molecule has 2 aromatic heterocycles. The molecule has 4 rings (SSSR count). The van der Waals surface area contributed by atoms with Gasteiger partial charge in [-0.25, -0.2) is 10.4 Å². The van der Waals surface area contributed by atoms with E-state index in [0.29, 0.717) is 39.0 Å². The van der Waals surface area contributed by atoms with Crippen molar-refractivity contribution < 1.29 is 13.9 Å². The van der Waals surface area contributed by atoms with Gasteiger partial charge in [0.15, 0.2) is 5.16 Å². The molecule has 0 unspecified atom stereocenters. The number of fused-ring (bicyclic) bond motifs is 1. The minimum atomic E-state index is -0.329. The SMILES string of the molecule is COc1ccc(-n2c(SCC(=O)NN=C(C)c3ccco3)nc3ccccc3c2=O)cc1. The molecule has 0 aliphatic heterocycles. The highest BCUT2D eigenvalue weighted by atomic mass is 32.2. The topological polar surface area (TPSA) is 98.7 Å². The lowest BCUT2D eigenvalue weighted by Gasteiger charge is -2.13. The lowest BCUT2D eigenvalue weighted by Crippen LogP contribution is -2.24. The lowest BCUT2D eigenvalue weighted by molar-refractivity contribution is -0.118. The number of hydrogen-bond acceptors (Lipinski definition) is 7. The summed E-state index contributed by atoms with van der Waals surface area (Å²) in [5.41, 5.74) is 4.03. The van der Waals surface area contributed by atoms with Crippen LogP contribution in [0.15, 0.2) is 86.4 Å². The van der Waals surface area contributed by atoms with Crippen LogP contribution in [0.5, 0.6) is 5.75 Å². The fraction of sp³-hybridized carbons (Fsp3) is 0.130. The summed E-state index contributed by atoms with van der Waals surface area (Å²) in [6.07, 6.45) is 1.54. The molecule has 4 aromatic rings. The highest BCUT2D eigenvalue weighted by molar-refractivity contribution is 7.99. The summed E-state index contributed by atoms with van der Waals surface area (Å²) in [7, 11) is 1.58. The second-order valence-corrected chi connectivity index (χ2v) is 7.69. The van der Waals surface area contributed by atoms with Crippen LogP contribution < -0.4 is 15.7 Å². The van der Waals surface area contributed by atoms with Crippen LogP contribution in [0.2, 0.25) is 0 Å². The Morgan fingerprint density at radius 1 is 1.16 bits per heavy atom. The monoisotopic (exact) mass is 448 g/mol. The Balaban J connectivity index is 1.61. The van der Waals surface area contributed by atoms with E-state index in [1.54, 1.807) is 68.6 Å². The van der Waals surface area contributed by atoms with Crippen molar-refractivity contribution >= 4 is 34.3 Å². The number of aromatic nitrogens is 2. The predicted molar refractivity (Wildman–Crippen MR) is 124 cm³/mol. The van der Waals surface area contributed by atoms with Gasteiger partial charge < -0.3 is 9.15 Å². The number of furan rings is 1. The van der Waals surface area contributed by atoms with Crippen LogP contribution in [0.4, 0.5) is 0 Å². The number of methoxy groups -OCH3 is 1. The van der Waals surface area contributed by atoms with Crippen LogP contribution in [0.25, 0.3) is 16.6 Å². The maximum absolute atomic E-state index is 13.2. The number of amides is 1. The number of carbonyl (C=O) groups is 1. The number of hydrazone groups is 1. The average molecular weight is 449 g/mol. The van der Waals surface area contributed by atoms with E-state index in [2.05, 4.69) is 15.5 Å². The van der Waals surface area contributed by atoms with Gasteiger partial charge in [0, 0.05) is 0 Å². The van der Waals surface area contributed by atoms with Crippen molar-refractivity contribution in [3.63, 3.8) is 0 Å². The number of ether oxygens (including phenoxy) is 1. The second kappa shape index (κ2) is 9.52. The predicted octanol–water partition coefficient (Wildman–Crippen LogP) is 3.62. The van der Waals surface area contributed by atoms with Crippen LogP contribution in [0.3, 0.4) is 0 Å². The fourth-order valence-corrected chi connectivity index (χ4v) is 3.82. The summed E-state index contributed by atoms with van der Waals surface area (Å²) in [6.45, 7) is 1.73. The number of nitrogens with one attached hydrogen (secondary N) is 1. The number of thioether (sulfide) groups is 1. The summed E-state index contributed by atoms with van der Waals surface area (Å²) in [6, 6.07) is 17.7. The van der Waals surface area contributed by atoms with Gasteiger partial charge >= 0.3 is 0 Å². The Morgan fingerprint density at radius 2 is 1.94 bits per heavy atom. The van der Waals surface area contributed by atoms with E-state index in [4.69, 9.17) is 9.15 Å². The molecule has 0 bridgehead atoms. The number of para-hydroxylation sites is 1. The molecule has 2 aromatic carbocycles. The van der Waals surface area contributed by atoms with Gasteiger partial charge in [0.05, 0.1) is 35.7 Å². The van der Waals surface area contributed by atoms with E-state index in [1.807, 2.05) is 6.07 Å². The third-order valence-corrected chi connectivity index (χ3v) is 5.57.